The first-order valence-corrected chi connectivity index (χ1v) is 7.25. The third-order valence-corrected chi connectivity index (χ3v) is 4.05. The van der Waals surface area contributed by atoms with Crippen LogP contribution in [0.5, 0.6) is 0 Å². The lowest BCUT2D eigenvalue weighted by atomic mass is 10.1. The molecule has 1 aliphatic heterocycles. The van der Waals surface area contributed by atoms with Crippen LogP contribution in [-0.4, -0.2) is 27.3 Å². The van der Waals surface area contributed by atoms with Crippen molar-refractivity contribution < 1.29 is 0 Å². The molecule has 0 atom stereocenters. The van der Waals surface area contributed by atoms with Gasteiger partial charge in [-0.2, -0.15) is 16.9 Å². The van der Waals surface area contributed by atoms with Gasteiger partial charge >= 0.3 is 0 Å². The second-order valence-electron chi connectivity index (χ2n) is 4.69. The summed E-state index contributed by atoms with van der Waals surface area (Å²) in [7, 11) is 0. The lowest BCUT2D eigenvalue weighted by Gasteiger charge is -2.22. The zero-order chi connectivity index (χ0) is 11.4. The molecule has 2 rings (SSSR count). The Balaban J connectivity index is 1.79. The lowest BCUT2D eigenvalue weighted by Crippen LogP contribution is -2.31. The zero-order valence-corrected chi connectivity index (χ0v) is 11.0. The molecule has 0 aromatic carbocycles. The fourth-order valence-corrected chi connectivity index (χ4v) is 3.02. The van der Waals surface area contributed by atoms with E-state index in [-0.39, 0.29) is 0 Å². The van der Waals surface area contributed by atoms with Crippen molar-refractivity contribution in [1.29, 1.82) is 0 Å². The summed E-state index contributed by atoms with van der Waals surface area (Å²) in [6.07, 6.45) is 6.74. The summed E-state index contributed by atoms with van der Waals surface area (Å²) >= 11 is 2.07. The number of nitrogens with one attached hydrogen (secondary N) is 1. The molecule has 1 saturated heterocycles. The molecule has 0 spiro atoms. The molecule has 0 aliphatic carbocycles. The number of rotatable bonds is 4. The molecule has 1 fully saturated rings. The molecule has 1 N–H and O–H groups in total. The van der Waals surface area contributed by atoms with Gasteiger partial charge in [0.15, 0.2) is 0 Å². The Morgan fingerprint density at radius 2 is 2.25 bits per heavy atom. The SMILES string of the molecule is CC(C)n1cc(CNC2CCSCC2)cn1. The van der Waals surface area contributed by atoms with E-state index in [1.54, 1.807) is 0 Å². The second-order valence-corrected chi connectivity index (χ2v) is 5.91. The molecule has 4 heteroatoms. The Morgan fingerprint density at radius 1 is 1.50 bits per heavy atom. The van der Waals surface area contributed by atoms with Crippen molar-refractivity contribution >= 4 is 11.8 Å². The minimum absolute atomic E-state index is 0.458. The van der Waals surface area contributed by atoms with Crippen LogP contribution in [0.2, 0.25) is 0 Å². The summed E-state index contributed by atoms with van der Waals surface area (Å²) in [6.45, 7) is 5.27. The summed E-state index contributed by atoms with van der Waals surface area (Å²) in [4.78, 5) is 0. The van der Waals surface area contributed by atoms with Gasteiger partial charge in [-0.25, -0.2) is 0 Å². The van der Waals surface area contributed by atoms with E-state index < -0.39 is 0 Å². The fraction of sp³-hybridized carbons (Fsp3) is 0.750. The number of nitrogens with zero attached hydrogens (tertiary/aromatic N) is 2. The maximum Gasteiger partial charge on any atom is 0.0534 e. The minimum atomic E-state index is 0.458. The molecule has 1 aliphatic rings. The van der Waals surface area contributed by atoms with Crippen molar-refractivity contribution in [3.05, 3.63) is 18.0 Å². The molecular weight excluding hydrogens is 218 g/mol. The van der Waals surface area contributed by atoms with E-state index >= 15 is 0 Å². The van der Waals surface area contributed by atoms with Crippen LogP contribution < -0.4 is 5.32 Å². The Morgan fingerprint density at radius 3 is 2.88 bits per heavy atom. The highest BCUT2D eigenvalue weighted by Gasteiger charge is 2.13. The van der Waals surface area contributed by atoms with Crippen LogP contribution in [0.15, 0.2) is 12.4 Å². The molecule has 0 amide bonds. The number of thioether (sulfide) groups is 1. The predicted octanol–water partition coefficient (Wildman–Crippen LogP) is 2.45. The van der Waals surface area contributed by atoms with Crippen LogP contribution in [0.25, 0.3) is 0 Å². The Hall–Kier alpha value is -0.480. The monoisotopic (exact) mass is 239 g/mol. The second kappa shape index (κ2) is 5.73. The lowest BCUT2D eigenvalue weighted by molar-refractivity contribution is 0.481. The smallest absolute Gasteiger partial charge is 0.0534 e. The molecule has 90 valence electrons. The molecular formula is C12H21N3S. The predicted molar refractivity (Wildman–Crippen MR) is 69.8 cm³/mol. The van der Waals surface area contributed by atoms with Crippen molar-refractivity contribution in [2.24, 2.45) is 0 Å². The standard InChI is InChI=1S/C12H21N3S/c1-10(2)15-9-11(8-14-15)7-13-12-3-5-16-6-4-12/h8-10,12-13H,3-7H2,1-2H3. The molecule has 2 heterocycles. The molecule has 0 bridgehead atoms. The molecule has 0 unspecified atom stereocenters. The van der Waals surface area contributed by atoms with Gasteiger partial charge in [-0.1, -0.05) is 0 Å². The molecule has 0 saturated carbocycles. The molecule has 3 nitrogen and oxygen atoms in total. The number of hydrogen-bond donors (Lipinski definition) is 1. The molecule has 1 aromatic heterocycles. The van der Waals surface area contributed by atoms with Gasteiger partial charge in [0.25, 0.3) is 0 Å². The van der Waals surface area contributed by atoms with Gasteiger partial charge in [0.05, 0.1) is 6.20 Å². The van der Waals surface area contributed by atoms with Crippen LogP contribution >= 0.6 is 11.8 Å². The van der Waals surface area contributed by atoms with Crippen molar-refractivity contribution in [3.8, 4) is 0 Å². The van der Waals surface area contributed by atoms with Gasteiger partial charge in [-0.3, -0.25) is 4.68 Å². The quantitative estimate of drug-likeness (QED) is 0.875. The summed E-state index contributed by atoms with van der Waals surface area (Å²) in [6, 6.07) is 1.17. The van der Waals surface area contributed by atoms with E-state index in [2.05, 4.69) is 42.2 Å². The molecule has 0 radical (unpaired) electrons. The van der Waals surface area contributed by atoms with Crippen LogP contribution in [0.1, 0.15) is 38.3 Å². The maximum atomic E-state index is 4.35. The molecule has 1 aromatic rings. The highest BCUT2D eigenvalue weighted by Crippen LogP contribution is 2.17. The van der Waals surface area contributed by atoms with Crippen molar-refractivity contribution in [2.75, 3.05) is 11.5 Å². The van der Waals surface area contributed by atoms with Crippen LogP contribution in [0.4, 0.5) is 0 Å². The Bertz CT molecular complexity index is 316. The topological polar surface area (TPSA) is 29.9 Å². The third kappa shape index (κ3) is 3.25. The van der Waals surface area contributed by atoms with Gasteiger partial charge in [-0.15, -0.1) is 0 Å². The number of hydrogen-bond acceptors (Lipinski definition) is 3. The van der Waals surface area contributed by atoms with E-state index in [1.807, 2.05) is 10.9 Å². The van der Waals surface area contributed by atoms with Crippen molar-refractivity contribution in [3.63, 3.8) is 0 Å². The van der Waals surface area contributed by atoms with Crippen molar-refractivity contribution in [2.45, 2.75) is 45.3 Å². The Kier molecular flexibility index (Phi) is 4.29. The van der Waals surface area contributed by atoms with E-state index in [0.717, 1.165) is 6.54 Å². The fourth-order valence-electron chi connectivity index (χ4n) is 1.91. The van der Waals surface area contributed by atoms with Crippen LogP contribution in [-0.2, 0) is 6.54 Å². The average Bonchev–Trinajstić information content (AvgIpc) is 2.76. The average molecular weight is 239 g/mol. The summed E-state index contributed by atoms with van der Waals surface area (Å²) in [5, 5.41) is 7.98. The highest BCUT2D eigenvalue weighted by molar-refractivity contribution is 7.99. The van der Waals surface area contributed by atoms with E-state index in [4.69, 9.17) is 0 Å². The van der Waals surface area contributed by atoms with Gasteiger partial charge in [0, 0.05) is 30.4 Å². The van der Waals surface area contributed by atoms with Gasteiger partial charge in [0.2, 0.25) is 0 Å². The molecule has 16 heavy (non-hydrogen) atoms. The Labute approximate surface area is 102 Å². The first kappa shape index (κ1) is 12.0. The van der Waals surface area contributed by atoms with Gasteiger partial charge < -0.3 is 5.32 Å². The summed E-state index contributed by atoms with van der Waals surface area (Å²) in [5.41, 5.74) is 1.30. The third-order valence-electron chi connectivity index (χ3n) is 3.00. The summed E-state index contributed by atoms with van der Waals surface area (Å²) in [5.74, 6) is 2.62. The number of aromatic nitrogens is 2. The van der Waals surface area contributed by atoms with Gasteiger partial charge in [-0.05, 0) is 38.2 Å². The first-order chi connectivity index (χ1) is 7.75. The van der Waals surface area contributed by atoms with Crippen LogP contribution in [0, 0.1) is 0 Å². The minimum Gasteiger partial charge on any atom is -0.310 e. The van der Waals surface area contributed by atoms with Crippen molar-refractivity contribution in [1.82, 2.24) is 15.1 Å². The van der Waals surface area contributed by atoms with E-state index in [0.29, 0.717) is 12.1 Å². The highest BCUT2D eigenvalue weighted by atomic mass is 32.2. The van der Waals surface area contributed by atoms with E-state index in [1.165, 1.54) is 29.9 Å². The van der Waals surface area contributed by atoms with E-state index in [9.17, 15) is 0 Å². The largest absolute Gasteiger partial charge is 0.310 e. The van der Waals surface area contributed by atoms with Crippen LogP contribution in [0.3, 0.4) is 0 Å². The summed E-state index contributed by atoms with van der Waals surface area (Å²) < 4.78 is 2.02. The zero-order valence-electron chi connectivity index (χ0n) is 10.1. The first-order valence-electron chi connectivity index (χ1n) is 6.10. The van der Waals surface area contributed by atoms with Gasteiger partial charge in [0.1, 0.15) is 0 Å². The normalized spacial score (nSPS) is 18.2. The maximum absolute atomic E-state index is 4.35.